The lowest BCUT2D eigenvalue weighted by atomic mass is 10.2. The van der Waals surface area contributed by atoms with E-state index < -0.39 is 0 Å². The zero-order valence-corrected chi connectivity index (χ0v) is 18.2. The Morgan fingerprint density at radius 2 is 1.77 bits per heavy atom. The maximum Gasteiger partial charge on any atom is 0.230 e. The smallest absolute Gasteiger partial charge is 0.230 e. The van der Waals surface area contributed by atoms with Crippen molar-refractivity contribution in [2.75, 3.05) is 5.75 Å². The monoisotopic (exact) mass is 449 g/mol. The van der Waals surface area contributed by atoms with Crippen molar-refractivity contribution in [1.82, 2.24) is 25.1 Å². The van der Waals surface area contributed by atoms with Crippen molar-refractivity contribution in [2.45, 2.75) is 18.2 Å². The molecule has 4 rings (SSSR count). The molecule has 1 N–H and O–H groups in total. The first kappa shape index (κ1) is 21.1. The van der Waals surface area contributed by atoms with Gasteiger partial charge in [0, 0.05) is 29.5 Å². The van der Waals surface area contributed by atoms with Gasteiger partial charge in [0.15, 0.2) is 11.0 Å². The van der Waals surface area contributed by atoms with Gasteiger partial charge in [0.1, 0.15) is 0 Å². The zero-order chi connectivity index (χ0) is 21.5. The van der Waals surface area contributed by atoms with Crippen molar-refractivity contribution in [1.29, 1.82) is 0 Å². The number of carbonyl (C=O) groups is 1. The van der Waals surface area contributed by atoms with E-state index in [0.717, 1.165) is 22.5 Å². The molecule has 0 saturated carbocycles. The Kier molecular flexibility index (Phi) is 6.96. The van der Waals surface area contributed by atoms with Crippen molar-refractivity contribution in [3.8, 4) is 11.4 Å². The lowest BCUT2D eigenvalue weighted by Crippen LogP contribution is -2.24. The van der Waals surface area contributed by atoms with Gasteiger partial charge < -0.3 is 5.32 Å². The number of hydrogen-bond acceptors (Lipinski definition) is 5. The van der Waals surface area contributed by atoms with Crippen molar-refractivity contribution >= 4 is 29.3 Å². The molecular weight excluding hydrogens is 430 g/mol. The molecule has 156 valence electrons. The van der Waals surface area contributed by atoms with Crippen LogP contribution in [0.5, 0.6) is 0 Å². The topological polar surface area (TPSA) is 72.7 Å². The van der Waals surface area contributed by atoms with Gasteiger partial charge >= 0.3 is 0 Å². The summed E-state index contributed by atoms with van der Waals surface area (Å²) in [6.07, 6.45) is 3.49. The van der Waals surface area contributed by atoms with Crippen molar-refractivity contribution < 1.29 is 4.79 Å². The molecule has 0 aliphatic carbocycles. The molecule has 0 saturated heterocycles. The highest BCUT2D eigenvalue weighted by Crippen LogP contribution is 2.24. The third-order valence-electron chi connectivity index (χ3n) is 4.56. The Labute approximate surface area is 189 Å². The van der Waals surface area contributed by atoms with E-state index in [4.69, 9.17) is 11.6 Å². The van der Waals surface area contributed by atoms with Crippen LogP contribution < -0.4 is 5.32 Å². The second-order valence-corrected chi connectivity index (χ2v) is 8.19. The van der Waals surface area contributed by atoms with E-state index in [1.165, 1.54) is 11.8 Å². The third-order valence-corrected chi connectivity index (χ3v) is 5.77. The van der Waals surface area contributed by atoms with E-state index in [0.29, 0.717) is 23.3 Å². The van der Waals surface area contributed by atoms with Crippen LogP contribution in [-0.4, -0.2) is 31.4 Å². The van der Waals surface area contributed by atoms with Gasteiger partial charge in [-0.2, -0.15) is 0 Å². The quantitative estimate of drug-likeness (QED) is 0.402. The molecule has 31 heavy (non-hydrogen) atoms. The Morgan fingerprint density at radius 3 is 2.52 bits per heavy atom. The molecule has 0 aliphatic rings. The summed E-state index contributed by atoms with van der Waals surface area (Å²) < 4.78 is 2.02. The minimum Gasteiger partial charge on any atom is -0.351 e. The Bertz CT molecular complexity index is 1130. The largest absolute Gasteiger partial charge is 0.351 e. The minimum atomic E-state index is -0.0721. The molecule has 0 fully saturated rings. The van der Waals surface area contributed by atoms with Gasteiger partial charge in [0.25, 0.3) is 0 Å². The zero-order valence-electron chi connectivity index (χ0n) is 16.6. The number of amides is 1. The molecule has 0 bridgehead atoms. The first-order valence-electron chi connectivity index (χ1n) is 9.70. The molecule has 0 unspecified atom stereocenters. The van der Waals surface area contributed by atoms with Crippen LogP contribution >= 0.6 is 23.4 Å². The molecule has 1 amide bonds. The number of thioether (sulfide) groups is 1. The summed E-state index contributed by atoms with van der Waals surface area (Å²) >= 11 is 7.26. The molecule has 4 aromatic rings. The Hall–Kier alpha value is -3.16. The van der Waals surface area contributed by atoms with Crippen LogP contribution in [-0.2, 0) is 17.9 Å². The van der Waals surface area contributed by atoms with Gasteiger partial charge in [0.05, 0.1) is 12.3 Å². The van der Waals surface area contributed by atoms with Crippen molar-refractivity contribution in [3.63, 3.8) is 0 Å². The van der Waals surface area contributed by atoms with E-state index in [9.17, 15) is 4.79 Å². The molecule has 2 aromatic heterocycles. The third kappa shape index (κ3) is 5.71. The van der Waals surface area contributed by atoms with E-state index in [1.54, 1.807) is 12.4 Å². The van der Waals surface area contributed by atoms with Crippen LogP contribution in [0.1, 0.15) is 11.1 Å². The Morgan fingerprint density at radius 1 is 0.968 bits per heavy atom. The SMILES string of the molecule is O=C(CSc1nnc(-c2cccnc2)n1Cc1ccccc1)NCc1ccc(Cl)cc1. The highest BCUT2D eigenvalue weighted by atomic mass is 35.5. The molecule has 2 heterocycles. The standard InChI is InChI=1S/C23H20ClN5OS/c24-20-10-8-17(9-11-20)13-26-21(30)16-31-23-28-27-22(19-7-4-12-25-14-19)29(23)15-18-5-2-1-3-6-18/h1-12,14H,13,15-16H2,(H,26,30). The average Bonchev–Trinajstić information content (AvgIpc) is 3.21. The summed E-state index contributed by atoms with van der Waals surface area (Å²) in [6, 6.07) is 21.3. The summed E-state index contributed by atoms with van der Waals surface area (Å²) in [4.78, 5) is 16.6. The predicted octanol–water partition coefficient (Wildman–Crippen LogP) is 4.45. The van der Waals surface area contributed by atoms with Gasteiger partial charge in [-0.3, -0.25) is 14.3 Å². The number of nitrogens with one attached hydrogen (secondary N) is 1. The molecule has 0 spiro atoms. The fourth-order valence-corrected chi connectivity index (χ4v) is 3.89. The Balaban J connectivity index is 1.46. The highest BCUT2D eigenvalue weighted by Gasteiger charge is 2.16. The lowest BCUT2D eigenvalue weighted by molar-refractivity contribution is -0.118. The van der Waals surface area contributed by atoms with Crippen LogP contribution in [0.4, 0.5) is 0 Å². The van der Waals surface area contributed by atoms with E-state index in [-0.39, 0.29) is 11.7 Å². The molecule has 2 aromatic carbocycles. The molecule has 0 aliphatic heterocycles. The van der Waals surface area contributed by atoms with Crippen molar-refractivity contribution in [2.24, 2.45) is 0 Å². The van der Waals surface area contributed by atoms with Crippen LogP contribution in [0.15, 0.2) is 84.3 Å². The van der Waals surface area contributed by atoms with Crippen LogP contribution in [0.2, 0.25) is 5.02 Å². The highest BCUT2D eigenvalue weighted by molar-refractivity contribution is 7.99. The van der Waals surface area contributed by atoms with Gasteiger partial charge in [0.2, 0.25) is 5.91 Å². The van der Waals surface area contributed by atoms with Crippen molar-refractivity contribution in [3.05, 3.63) is 95.3 Å². The van der Waals surface area contributed by atoms with Crippen LogP contribution in [0.3, 0.4) is 0 Å². The second-order valence-electron chi connectivity index (χ2n) is 6.81. The summed E-state index contributed by atoms with van der Waals surface area (Å²) in [7, 11) is 0. The maximum atomic E-state index is 12.4. The molecular formula is C23H20ClN5OS. The van der Waals surface area contributed by atoms with E-state index in [1.807, 2.05) is 59.2 Å². The maximum absolute atomic E-state index is 12.4. The normalized spacial score (nSPS) is 10.7. The molecule has 0 radical (unpaired) electrons. The number of rotatable bonds is 8. The second kappa shape index (κ2) is 10.2. The number of carbonyl (C=O) groups excluding carboxylic acids is 1. The fraction of sp³-hybridized carbons (Fsp3) is 0.130. The van der Waals surface area contributed by atoms with Gasteiger partial charge in [-0.15, -0.1) is 10.2 Å². The van der Waals surface area contributed by atoms with E-state index in [2.05, 4.69) is 32.6 Å². The summed E-state index contributed by atoms with van der Waals surface area (Å²) in [6.45, 7) is 1.06. The number of pyridine rings is 1. The van der Waals surface area contributed by atoms with Gasteiger partial charge in [-0.25, -0.2) is 0 Å². The predicted molar refractivity (Wildman–Crippen MR) is 123 cm³/mol. The molecule has 0 atom stereocenters. The van der Waals surface area contributed by atoms with Crippen LogP contribution in [0, 0.1) is 0 Å². The number of benzene rings is 2. The first-order valence-corrected chi connectivity index (χ1v) is 11.1. The summed E-state index contributed by atoms with van der Waals surface area (Å²) in [5.41, 5.74) is 3.00. The number of halogens is 1. The molecule has 8 heteroatoms. The minimum absolute atomic E-state index is 0.0721. The van der Waals surface area contributed by atoms with E-state index >= 15 is 0 Å². The lowest BCUT2D eigenvalue weighted by Gasteiger charge is -2.10. The average molecular weight is 450 g/mol. The van der Waals surface area contributed by atoms with Gasteiger partial charge in [-0.1, -0.05) is 65.8 Å². The first-order chi connectivity index (χ1) is 15.2. The number of aromatic nitrogens is 4. The number of hydrogen-bond donors (Lipinski definition) is 1. The summed E-state index contributed by atoms with van der Waals surface area (Å²) in [5.74, 6) is 0.895. The van der Waals surface area contributed by atoms with Crippen LogP contribution in [0.25, 0.3) is 11.4 Å². The van der Waals surface area contributed by atoms with Gasteiger partial charge in [-0.05, 0) is 35.4 Å². The molecule has 6 nitrogen and oxygen atoms in total. The summed E-state index contributed by atoms with van der Waals surface area (Å²) in [5, 5.41) is 13.0. The number of nitrogens with zero attached hydrogens (tertiary/aromatic N) is 4. The fourth-order valence-electron chi connectivity index (χ4n) is 3.00.